The summed E-state index contributed by atoms with van der Waals surface area (Å²) in [4.78, 5) is 45.0. The molecule has 0 spiro atoms. The van der Waals surface area contributed by atoms with Crippen LogP contribution in [0.15, 0.2) is 6.33 Å². The molecule has 0 atom stereocenters. The molecule has 3 rings (SSSR count). The van der Waals surface area contributed by atoms with Gasteiger partial charge in [-0.2, -0.15) is 9.97 Å². The van der Waals surface area contributed by atoms with Crippen molar-refractivity contribution in [2.75, 3.05) is 5.06 Å². The van der Waals surface area contributed by atoms with E-state index in [1.165, 1.54) is 6.33 Å². The minimum Gasteiger partial charge on any atom is -0.340 e. The molecule has 0 bridgehead atoms. The van der Waals surface area contributed by atoms with Crippen LogP contribution in [0.3, 0.4) is 0 Å². The van der Waals surface area contributed by atoms with Crippen molar-refractivity contribution in [2.45, 2.75) is 27.7 Å². The number of fused-ring (bicyclic) bond motifs is 1. The summed E-state index contributed by atoms with van der Waals surface area (Å²) in [7, 11) is 0. The number of halogens is 1. The fourth-order valence-corrected chi connectivity index (χ4v) is 2.25. The predicted octanol–water partition coefficient (Wildman–Crippen LogP) is 1.86. The highest BCUT2D eigenvalue weighted by Gasteiger charge is 2.57. The molecule has 1 fully saturated rings. The van der Waals surface area contributed by atoms with E-state index in [1.54, 1.807) is 27.7 Å². The number of aromatic amines is 1. The standard InChI is InChI=1S/C13H14ClN5O3/c1-12(2)9(20)19(22-10(21)13(12,3)4)8-6-7(16-5-15-6)17-11(14)18-8/h5H,1-4H3,(H,15,16,17,18). The number of imidazole rings is 1. The third kappa shape index (κ3) is 1.80. The Kier molecular flexibility index (Phi) is 2.93. The first kappa shape index (κ1) is 14.7. The van der Waals surface area contributed by atoms with E-state index in [-0.39, 0.29) is 16.7 Å². The lowest BCUT2D eigenvalue weighted by atomic mass is 9.66. The monoisotopic (exact) mass is 323 g/mol. The SMILES string of the molecule is CC1(C)C(=O)ON(c2nc(Cl)nc3nc[nH]c23)C(=O)C1(C)C. The lowest BCUT2D eigenvalue weighted by Crippen LogP contribution is -2.59. The van der Waals surface area contributed by atoms with E-state index in [4.69, 9.17) is 16.4 Å². The molecule has 9 heteroatoms. The van der Waals surface area contributed by atoms with Gasteiger partial charge in [0.25, 0.3) is 5.91 Å². The summed E-state index contributed by atoms with van der Waals surface area (Å²) in [6.45, 7) is 6.72. The van der Waals surface area contributed by atoms with Gasteiger partial charge in [-0.1, -0.05) is 0 Å². The number of aromatic nitrogens is 4. The van der Waals surface area contributed by atoms with Crippen molar-refractivity contribution >= 4 is 40.5 Å². The van der Waals surface area contributed by atoms with Crippen LogP contribution in [0.5, 0.6) is 0 Å². The first-order valence-corrected chi connectivity index (χ1v) is 6.97. The Morgan fingerprint density at radius 1 is 1.18 bits per heavy atom. The lowest BCUT2D eigenvalue weighted by molar-refractivity contribution is -0.181. The lowest BCUT2D eigenvalue weighted by Gasteiger charge is -2.44. The number of hydrogen-bond donors (Lipinski definition) is 1. The number of nitrogens with zero attached hydrogens (tertiary/aromatic N) is 4. The summed E-state index contributed by atoms with van der Waals surface area (Å²) >= 11 is 5.86. The Labute approximate surface area is 130 Å². The zero-order chi connectivity index (χ0) is 16.3. The number of carbonyl (C=O) groups excluding carboxylic acids is 2. The van der Waals surface area contributed by atoms with E-state index >= 15 is 0 Å². The van der Waals surface area contributed by atoms with Gasteiger partial charge in [0.05, 0.1) is 17.2 Å². The molecule has 8 nitrogen and oxygen atoms in total. The third-order valence-corrected chi connectivity index (χ3v) is 4.57. The van der Waals surface area contributed by atoms with Gasteiger partial charge in [-0.3, -0.25) is 4.79 Å². The first-order chi connectivity index (χ1) is 10.2. The van der Waals surface area contributed by atoms with E-state index in [9.17, 15) is 9.59 Å². The number of H-pyrrole nitrogens is 1. The van der Waals surface area contributed by atoms with Crippen LogP contribution in [0, 0.1) is 10.8 Å². The maximum Gasteiger partial charge on any atom is 0.339 e. The molecular formula is C13H14ClN5O3. The molecule has 1 amide bonds. The summed E-state index contributed by atoms with van der Waals surface area (Å²) in [5.74, 6) is -0.864. The van der Waals surface area contributed by atoms with Gasteiger partial charge in [0, 0.05) is 0 Å². The largest absolute Gasteiger partial charge is 0.340 e. The van der Waals surface area contributed by atoms with Gasteiger partial charge < -0.3 is 9.82 Å². The zero-order valence-electron chi connectivity index (χ0n) is 12.5. The number of hydroxylamine groups is 1. The van der Waals surface area contributed by atoms with Gasteiger partial charge in [-0.25, -0.2) is 9.78 Å². The molecule has 1 N–H and O–H groups in total. The number of nitrogens with one attached hydrogen (secondary N) is 1. The van der Waals surface area contributed by atoms with Crippen molar-refractivity contribution in [2.24, 2.45) is 10.8 Å². The Bertz CT molecular complexity index is 798. The molecule has 1 aliphatic rings. The molecule has 0 aliphatic carbocycles. The molecule has 0 radical (unpaired) electrons. The van der Waals surface area contributed by atoms with Crippen LogP contribution in [0.2, 0.25) is 5.28 Å². The quantitative estimate of drug-likeness (QED) is 0.804. The van der Waals surface area contributed by atoms with Crippen molar-refractivity contribution in [3.63, 3.8) is 0 Å². The molecular weight excluding hydrogens is 310 g/mol. The molecule has 1 saturated heterocycles. The van der Waals surface area contributed by atoms with Crippen molar-refractivity contribution in [1.29, 1.82) is 0 Å². The molecule has 22 heavy (non-hydrogen) atoms. The summed E-state index contributed by atoms with van der Waals surface area (Å²) in [6.07, 6.45) is 1.39. The van der Waals surface area contributed by atoms with Gasteiger partial charge >= 0.3 is 5.97 Å². The molecule has 1 aliphatic heterocycles. The summed E-state index contributed by atoms with van der Waals surface area (Å²) < 4.78 is 0. The van der Waals surface area contributed by atoms with E-state index in [1.807, 2.05) is 0 Å². The van der Waals surface area contributed by atoms with Crippen LogP contribution in [0.1, 0.15) is 27.7 Å². The predicted molar refractivity (Wildman–Crippen MR) is 77.8 cm³/mol. The summed E-state index contributed by atoms with van der Waals surface area (Å²) in [5, 5.41) is 0.767. The van der Waals surface area contributed by atoms with Crippen LogP contribution in [-0.4, -0.2) is 31.8 Å². The van der Waals surface area contributed by atoms with Crippen molar-refractivity contribution in [1.82, 2.24) is 19.9 Å². The molecule has 0 saturated carbocycles. The summed E-state index contributed by atoms with van der Waals surface area (Å²) in [5.41, 5.74) is -1.31. The molecule has 2 aromatic heterocycles. The number of amides is 1. The first-order valence-electron chi connectivity index (χ1n) is 6.60. The summed E-state index contributed by atoms with van der Waals surface area (Å²) in [6, 6.07) is 0. The van der Waals surface area contributed by atoms with Gasteiger partial charge in [-0.05, 0) is 39.3 Å². The number of carbonyl (C=O) groups is 2. The second-order valence-electron chi connectivity index (χ2n) is 6.15. The van der Waals surface area contributed by atoms with Gasteiger partial charge in [0.2, 0.25) is 11.1 Å². The van der Waals surface area contributed by atoms with Crippen LogP contribution >= 0.6 is 11.6 Å². The van der Waals surface area contributed by atoms with Gasteiger partial charge in [-0.15, -0.1) is 5.06 Å². The van der Waals surface area contributed by atoms with Crippen LogP contribution in [-0.2, 0) is 14.4 Å². The molecule has 2 aromatic rings. The van der Waals surface area contributed by atoms with Crippen molar-refractivity contribution in [3.05, 3.63) is 11.6 Å². The van der Waals surface area contributed by atoms with E-state index in [0.717, 1.165) is 5.06 Å². The normalized spacial score (nSPS) is 20.3. The molecule has 0 unspecified atom stereocenters. The Hall–Kier alpha value is -2.22. The number of rotatable bonds is 1. The number of hydrogen-bond acceptors (Lipinski definition) is 6. The van der Waals surface area contributed by atoms with Gasteiger partial charge in [0.1, 0.15) is 5.52 Å². The van der Waals surface area contributed by atoms with E-state index in [0.29, 0.717) is 5.52 Å². The topological polar surface area (TPSA) is 101 Å². The minimum absolute atomic E-state index is 0.0643. The highest BCUT2D eigenvalue weighted by atomic mass is 35.5. The average molecular weight is 324 g/mol. The zero-order valence-corrected chi connectivity index (χ0v) is 13.2. The minimum atomic E-state index is -0.980. The fourth-order valence-electron chi connectivity index (χ4n) is 2.09. The van der Waals surface area contributed by atoms with Crippen LogP contribution in [0.25, 0.3) is 11.2 Å². The van der Waals surface area contributed by atoms with Gasteiger partial charge in [0.15, 0.2) is 5.65 Å². The van der Waals surface area contributed by atoms with Crippen LogP contribution < -0.4 is 5.06 Å². The second kappa shape index (κ2) is 4.39. The van der Waals surface area contributed by atoms with Crippen molar-refractivity contribution < 1.29 is 14.4 Å². The van der Waals surface area contributed by atoms with E-state index < -0.39 is 22.7 Å². The fraction of sp³-hybridized carbons (Fsp3) is 0.462. The van der Waals surface area contributed by atoms with Crippen LogP contribution in [0.4, 0.5) is 5.82 Å². The van der Waals surface area contributed by atoms with E-state index in [2.05, 4.69) is 19.9 Å². The maximum atomic E-state index is 12.8. The smallest absolute Gasteiger partial charge is 0.339 e. The Morgan fingerprint density at radius 3 is 2.55 bits per heavy atom. The van der Waals surface area contributed by atoms with Crippen molar-refractivity contribution in [3.8, 4) is 0 Å². The molecule has 0 aromatic carbocycles. The third-order valence-electron chi connectivity index (χ3n) is 4.40. The second-order valence-corrected chi connectivity index (χ2v) is 6.48. The molecule has 116 valence electrons. The maximum absolute atomic E-state index is 12.8. The highest BCUT2D eigenvalue weighted by molar-refractivity contribution is 6.28. The average Bonchev–Trinajstić information content (AvgIpc) is 2.89. The Balaban J connectivity index is 2.18. The highest BCUT2D eigenvalue weighted by Crippen LogP contribution is 2.45. The molecule has 3 heterocycles. The number of anilines is 1. The Morgan fingerprint density at radius 2 is 1.86 bits per heavy atom.